The monoisotopic (exact) mass is 389 g/mol. The number of aromatic nitrogens is 2. The smallest absolute Gasteiger partial charge is 0.225 e. The number of aryl methyl sites for hydroxylation is 1. The molecule has 3 N–H and O–H groups in total. The quantitative estimate of drug-likeness (QED) is 0.769. The molecule has 0 aliphatic heterocycles. The predicted octanol–water partition coefficient (Wildman–Crippen LogP) is 4.31. The van der Waals surface area contributed by atoms with Crippen LogP contribution >= 0.6 is 11.3 Å². The van der Waals surface area contributed by atoms with Crippen LogP contribution in [0.15, 0.2) is 6.33 Å². The van der Waals surface area contributed by atoms with Crippen molar-refractivity contribution in [3.63, 3.8) is 0 Å². The Hall–Kier alpha value is -1.24. The first-order chi connectivity index (χ1) is 13.0. The second-order valence-corrected chi connectivity index (χ2v) is 9.45. The first-order valence-corrected chi connectivity index (χ1v) is 11.2. The number of thiophene rings is 1. The molecule has 0 aromatic carbocycles. The second kappa shape index (κ2) is 7.64. The maximum Gasteiger partial charge on any atom is 0.225 e. The maximum absolute atomic E-state index is 10.2. The molecule has 27 heavy (non-hydrogen) atoms. The Morgan fingerprint density at radius 3 is 2.78 bits per heavy atom. The molecule has 2 aromatic rings. The highest BCUT2D eigenvalue weighted by atomic mass is 32.1. The number of nitrogens with two attached hydrogens (primary N) is 1. The summed E-state index contributed by atoms with van der Waals surface area (Å²) < 4.78 is 6.41. The van der Waals surface area contributed by atoms with Crippen LogP contribution in [0.4, 0.5) is 0 Å². The van der Waals surface area contributed by atoms with Crippen molar-refractivity contribution in [2.75, 3.05) is 0 Å². The van der Waals surface area contributed by atoms with Crippen molar-refractivity contribution in [2.45, 2.75) is 95.3 Å². The summed E-state index contributed by atoms with van der Waals surface area (Å²) in [7, 11) is 0. The molecule has 0 saturated heterocycles. The summed E-state index contributed by atoms with van der Waals surface area (Å²) in [5, 5.41) is 11.3. The van der Waals surface area contributed by atoms with Gasteiger partial charge in [-0.2, -0.15) is 0 Å². The Kier molecular flexibility index (Phi) is 5.41. The van der Waals surface area contributed by atoms with Gasteiger partial charge in [0.25, 0.3) is 0 Å². The summed E-state index contributed by atoms with van der Waals surface area (Å²) in [6.45, 7) is 4.22. The van der Waals surface area contributed by atoms with E-state index in [2.05, 4.69) is 16.9 Å². The lowest BCUT2D eigenvalue weighted by atomic mass is 9.79. The van der Waals surface area contributed by atoms with Crippen LogP contribution in [0.2, 0.25) is 0 Å². The fourth-order valence-electron chi connectivity index (χ4n) is 4.66. The third-order valence-electron chi connectivity index (χ3n) is 6.63. The maximum atomic E-state index is 10.2. The minimum atomic E-state index is -0.241. The molecule has 5 nitrogen and oxygen atoms in total. The Bertz CT molecular complexity index is 798. The lowest BCUT2D eigenvalue weighted by Gasteiger charge is -2.36. The molecule has 0 amide bonds. The number of hydrogen-bond acceptors (Lipinski definition) is 6. The number of ether oxygens (including phenoxy) is 1. The largest absolute Gasteiger partial charge is 0.474 e. The molecule has 148 valence electrons. The van der Waals surface area contributed by atoms with Gasteiger partial charge in [0.15, 0.2) is 0 Å². The minimum Gasteiger partial charge on any atom is -0.474 e. The van der Waals surface area contributed by atoms with Crippen molar-refractivity contribution in [3.8, 4) is 5.88 Å². The number of hydrogen-bond donors (Lipinski definition) is 2. The highest BCUT2D eigenvalue weighted by Crippen LogP contribution is 2.48. The van der Waals surface area contributed by atoms with E-state index in [4.69, 9.17) is 10.5 Å². The van der Waals surface area contributed by atoms with Gasteiger partial charge in [-0.3, -0.25) is 0 Å². The predicted molar refractivity (Wildman–Crippen MR) is 109 cm³/mol. The van der Waals surface area contributed by atoms with Gasteiger partial charge in [-0.1, -0.05) is 13.8 Å². The van der Waals surface area contributed by atoms with E-state index >= 15 is 0 Å². The van der Waals surface area contributed by atoms with Crippen LogP contribution in [0.3, 0.4) is 0 Å². The van der Waals surface area contributed by atoms with Gasteiger partial charge in [0, 0.05) is 10.4 Å². The summed E-state index contributed by atoms with van der Waals surface area (Å²) in [4.78, 5) is 11.5. The summed E-state index contributed by atoms with van der Waals surface area (Å²) in [6, 6.07) is 0. The number of fused-ring (bicyclic) bond motifs is 3. The number of rotatable bonds is 6. The Morgan fingerprint density at radius 2 is 2.07 bits per heavy atom. The number of nitrogens with zero attached hydrogens (tertiary/aromatic N) is 2. The minimum absolute atomic E-state index is 0.0220. The van der Waals surface area contributed by atoms with Crippen molar-refractivity contribution in [1.29, 1.82) is 0 Å². The van der Waals surface area contributed by atoms with E-state index in [1.807, 2.05) is 6.92 Å². The summed E-state index contributed by atoms with van der Waals surface area (Å²) >= 11 is 1.77. The molecule has 2 aliphatic carbocycles. The van der Waals surface area contributed by atoms with Crippen LogP contribution < -0.4 is 10.5 Å². The highest BCUT2D eigenvalue weighted by molar-refractivity contribution is 7.19. The van der Waals surface area contributed by atoms with Crippen LogP contribution in [0, 0.1) is 0 Å². The molecule has 0 spiro atoms. The van der Waals surface area contributed by atoms with Gasteiger partial charge in [0.05, 0.1) is 11.5 Å². The summed E-state index contributed by atoms with van der Waals surface area (Å²) in [5.74, 6) is 1.13. The molecular weight excluding hydrogens is 358 g/mol. The third kappa shape index (κ3) is 3.71. The summed E-state index contributed by atoms with van der Waals surface area (Å²) in [5.41, 5.74) is 7.76. The zero-order valence-electron chi connectivity index (χ0n) is 16.4. The van der Waals surface area contributed by atoms with Crippen molar-refractivity contribution >= 4 is 21.6 Å². The van der Waals surface area contributed by atoms with Gasteiger partial charge in [0.2, 0.25) is 5.88 Å². The lowest BCUT2D eigenvalue weighted by Crippen LogP contribution is -2.44. The number of aliphatic hydroxyl groups is 1. The van der Waals surface area contributed by atoms with Gasteiger partial charge >= 0.3 is 0 Å². The normalized spacial score (nSPS) is 29.0. The van der Waals surface area contributed by atoms with Crippen molar-refractivity contribution in [2.24, 2.45) is 5.73 Å². The van der Waals surface area contributed by atoms with Gasteiger partial charge in [-0.05, 0) is 69.3 Å². The Labute approximate surface area is 165 Å². The molecule has 4 rings (SSSR count). The van der Waals surface area contributed by atoms with Crippen LogP contribution in [0.5, 0.6) is 5.88 Å². The topological polar surface area (TPSA) is 81.3 Å². The molecule has 2 aromatic heterocycles. The molecule has 0 radical (unpaired) electrons. The molecule has 2 heterocycles. The van der Waals surface area contributed by atoms with E-state index in [1.165, 1.54) is 10.4 Å². The molecular formula is C21H31N3O2S. The molecule has 1 fully saturated rings. The second-order valence-electron chi connectivity index (χ2n) is 8.36. The molecule has 1 saturated carbocycles. The van der Waals surface area contributed by atoms with Crippen LogP contribution in [-0.2, 0) is 6.42 Å². The van der Waals surface area contributed by atoms with Crippen molar-refractivity contribution in [1.82, 2.24) is 9.97 Å². The zero-order valence-corrected chi connectivity index (χ0v) is 17.2. The zero-order chi connectivity index (χ0) is 19.0. The average molecular weight is 390 g/mol. The first-order valence-electron chi connectivity index (χ1n) is 10.4. The Balaban J connectivity index is 1.59. The fraction of sp³-hybridized carbons (Fsp3) is 0.714. The van der Waals surface area contributed by atoms with E-state index in [9.17, 15) is 5.11 Å². The van der Waals surface area contributed by atoms with E-state index in [-0.39, 0.29) is 17.7 Å². The van der Waals surface area contributed by atoms with Crippen LogP contribution in [-0.4, -0.2) is 32.8 Å². The van der Waals surface area contributed by atoms with Crippen LogP contribution in [0.1, 0.15) is 81.6 Å². The number of aliphatic hydroxyl groups excluding tert-OH is 1. The SMILES string of the molecule is CC[C@@H](O)C[C@H]1CCc2sc3ncnc(OC4CCC(N)(CC)CC4)c3c21. The van der Waals surface area contributed by atoms with E-state index in [1.54, 1.807) is 17.7 Å². The highest BCUT2D eigenvalue weighted by Gasteiger charge is 2.34. The van der Waals surface area contributed by atoms with E-state index in [0.717, 1.165) is 73.9 Å². The average Bonchev–Trinajstić information content (AvgIpc) is 3.24. The Morgan fingerprint density at radius 1 is 1.30 bits per heavy atom. The van der Waals surface area contributed by atoms with Gasteiger partial charge in [-0.15, -0.1) is 11.3 Å². The molecule has 0 bridgehead atoms. The molecule has 2 aliphatic rings. The molecule has 2 atom stereocenters. The summed E-state index contributed by atoms with van der Waals surface area (Å²) in [6.07, 6.45) is 10.4. The molecule has 0 unspecified atom stereocenters. The van der Waals surface area contributed by atoms with Gasteiger partial charge < -0.3 is 15.6 Å². The standard InChI is InChI=1S/C21H31N3O2S/c1-3-14(25)11-13-5-6-16-17(13)18-19(23-12-24-20(18)27-16)26-15-7-9-21(22,4-2)10-8-15/h12-15,25H,3-11,22H2,1-2H3/t13-,14-,15?,21?/m1/s1. The lowest BCUT2D eigenvalue weighted by molar-refractivity contribution is 0.113. The molecule has 6 heteroatoms. The van der Waals surface area contributed by atoms with E-state index < -0.39 is 0 Å². The van der Waals surface area contributed by atoms with Crippen LogP contribution in [0.25, 0.3) is 10.2 Å². The van der Waals surface area contributed by atoms with Crippen molar-refractivity contribution in [3.05, 3.63) is 16.8 Å². The first kappa shape index (κ1) is 19.1. The fourth-order valence-corrected chi connectivity index (χ4v) is 5.89. The van der Waals surface area contributed by atoms with Gasteiger partial charge in [0.1, 0.15) is 17.3 Å². The third-order valence-corrected chi connectivity index (χ3v) is 7.81. The van der Waals surface area contributed by atoms with Gasteiger partial charge in [-0.25, -0.2) is 9.97 Å². The van der Waals surface area contributed by atoms with E-state index in [0.29, 0.717) is 5.92 Å². The van der Waals surface area contributed by atoms with Crippen molar-refractivity contribution < 1.29 is 9.84 Å².